The first-order valence-corrected chi connectivity index (χ1v) is 16.5. The Hall–Kier alpha value is -3.45. The second-order valence-electron chi connectivity index (χ2n) is 11.9. The van der Waals surface area contributed by atoms with Gasteiger partial charge in [-0.1, -0.05) is 56.3 Å². The largest absolute Gasteiger partial charge is 0.459 e. The average molecular weight is 670 g/mol. The molecule has 0 radical (unpaired) electrons. The van der Waals surface area contributed by atoms with Crippen LogP contribution in [0.2, 0.25) is 0 Å². The predicted molar refractivity (Wildman–Crippen MR) is 165 cm³/mol. The quantitative estimate of drug-likeness (QED) is 0.173. The molecule has 2 aromatic carbocycles. The highest BCUT2D eigenvalue weighted by molar-refractivity contribution is 7.93. The summed E-state index contributed by atoms with van der Waals surface area (Å²) in [5, 5.41) is 0. The summed E-state index contributed by atoms with van der Waals surface area (Å²) in [7, 11) is -4.23. The van der Waals surface area contributed by atoms with Crippen LogP contribution in [0.15, 0.2) is 71.9 Å². The molecule has 1 saturated heterocycles. The van der Waals surface area contributed by atoms with Gasteiger partial charge in [-0.2, -0.15) is 22.0 Å². The van der Waals surface area contributed by atoms with Gasteiger partial charge >= 0.3 is 18.1 Å². The molecule has 0 atom stereocenters. The molecule has 3 aromatic rings. The first-order valence-electron chi connectivity index (χ1n) is 15.0. The van der Waals surface area contributed by atoms with E-state index in [4.69, 9.17) is 4.74 Å². The first-order chi connectivity index (χ1) is 21.4. The van der Waals surface area contributed by atoms with Gasteiger partial charge in [0.15, 0.2) is 14.6 Å². The van der Waals surface area contributed by atoms with E-state index in [-0.39, 0.29) is 29.1 Å². The number of hydrogen-bond donors (Lipinski definition) is 0. The molecule has 0 aliphatic carbocycles. The van der Waals surface area contributed by atoms with Crippen LogP contribution in [-0.4, -0.2) is 64.8 Å². The smallest absolute Gasteiger partial charge is 0.453 e. The lowest BCUT2D eigenvalue weighted by Gasteiger charge is -2.40. The van der Waals surface area contributed by atoms with E-state index in [1.807, 2.05) is 44.2 Å². The number of hydrogen-bond acceptors (Lipinski definition) is 7. The highest BCUT2D eigenvalue weighted by Gasteiger charge is 2.57. The molecule has 0 saturated carbocycles. The van der Waals surface area contributed by atoms with E-state index in [1.54, 1.807) is 20.8 Å². The third-order valence-corrected chi connectivity index (χ3v) is 9.97. The van der Waals surface area contributed by atoms with E-state index < -0.39 is 51.1 Å². The van der Waals surface area contributed by atoms with Gasteiger partial charge in [0.2, 0.25) is 0 Å². The maximum Gasteiger partial charge on any atom is 0.453 e. The molecule has 1 fully saturated rings. The molecule has 0 amide bonds. The fourth-order valence-corrected chi connectivity index (χ4v) is 6.88. The standard InChI is InChI=1S/C31H34F5N3O4S.C2H6/c1-28(2,3)43-27(40)29(15-17-39(18-16-29)21-22-7-5-4-6-8-22)44(41,42)25-11-9-23(10-12-25)26-20-37-24(19-38-26)13-14-30(32,33)31(34,35)36;1-2/h4-12,19-20H,13-18,21H2,1-3H3;1-2H3. The molecule has 0 N–H and O–H groups in total. The Bertz CT molecular complexity index is 1530. The molecule has 1 aliphatic heterocycles. The highest BCUT2D eigenvalue weighted by atomic mass is 32.2. The van der Waals surface area contributed by atoms with Crippen molar-refractivity contribution in [1.82, 2.24) is 14.9 Å². The lowest BCUT2D eigenvalue weighted by atomic mass is 9.95. The Balaban J connectivity index is 0.00000282. The second-order valence-corrected chi connectivity index (χ2v) is 14.1. The van der Waals surface area contributed by atoms with Crippen LogP contribution >= 0.6 is 0 Å². The number of nitrogens with zero attached hydrogens (tertiary/aromatic N) is 3. The van der Waals surface area contributed by atoms with Gasteiger partial charge in [0.05, 0.1) is 22.5 Å². The highest BCUT2D eigenvalue weighted by Crippen LogP contribution is 2.40. The van der Waals surface area contributed by atoms with Gasteiger partial charge in [0, 0.05) is 37.8 Å². The van der Waals surface area contributed by atoms with Crippen molar-refractivity contribution in [1.29, 1.82) is 0 Å². The number of carbonyl (C=O) groups excluding carboxylic acids is 1. The summed E-state index contributed by atoms with van der Waals surface area (Å²) in [5.41, 5.74) is 0.822. The van der Waals surface area contributed by atoms with Gasteiger partial charge in [0.1, 0.15) is 5.60 Å². The van der Waals surface area contributed by atoms with Gasteiger partial charge in [-0.15, -0.1) is 0 Å². The number of aryl methyl sites for hydroxylation is 1. The van der Waals surface area contributed by atoms with Gasteiger partial charge in [0.25, 0.3) is 0 Å². The van der Waals surface area contributed by atoms with Crippen molar-refractivity contribution >= 4 is 15.8 Å². The minimum absolute atomic E-state index is 0.0408. The number of benzene rings is 2. The first kappa shape index (κ1) is 37.0. The maximum atomic E-state index is 14.1. The zero-order valence-electron chi connectivity index (χ0n) is 26.6. The van der Waals surface area contributed by atoms with E-state index in [0.717, 1.165) is 11.8 Å². The molecule has 13 heteroatoms. The number of rotatable bonds is 9. The molecule has 4 rings (SSSR count). The zero-order chi connectivity index (χ0) is 34.4. The van der Waals surface area contributed by atoms with Crippen LogP contribution in [-0.2, 0) is 32.3 Å². The van der Waals surface area contributed by atoms with Gasteiger partial charge in [-0.25, -0.2) is 8.42 Å². The fraction of sp³-hybridized carbons (Fsp3) is 0.485. The van der Waals surface area contributed by atoms with Crippen molar-refractivity contribution in [2.45, 2.75) is 94.2 Å². The van der Waals surface area contributed by atoms with Crippen LogP contribution in [0.1, 0.15) is 65.1 Å². The van der Waals surface area contributed by atoms with Crippen molar-refractivity contribution in [2.75, 3.05) is 13.1 Å². The number of piperidine rings is 1. The minimum atomic E-state index is -5.65. The molecule has 0 spiro atoms. The maximum absolute atomic E-state index is 14.1. The summed E-state index contributed by atoms with van der Waals surface area (Å²) in [4.78, 5) is 23.6. The Morgan fingerprint density at radius 1 is 0.891 bits per heavy atom. The summed E-state index contributed by atoms with van der Waals surface area (Å²) in [6, 6.07) is 15.4. The van der Waals surface area contributed by atoms with Crippen LogP contribution in [0, 0.1) is 0 Å². The number of alkyl halides is 5. The molecule has 0 bridgehead atoms. The van der Waals surface area contributed by atoms with Crippen LogP contribution in [0.5, 0.6) is 0 Å². The van der Waals surface area contributed by atoms with Crippen LogP contribution in [0.25, 0.3) is 11.3 Å². The number of sulfone groups is 1. The summed E-state index contributed by atoms with van der Waals surface area (Å²) < 4.78 is 95.9. The number of esters is 1. The molecule has 1 aliphatic rings. The zero-order valence-corrected chi connectivity index (χ0v) is 27.4. The summed E-state index contributed by atoms with van der Waals surface area (Å²) in [5.74, 6) is -5.64. The number of aromatic nitrogens is 2. The number of halogens is 5. The third kappa shape index (κ3) is 8.67. The van der Waals surface area contributed by atoms with Gasteiger partial charge < -0.3 is 4.74 Å². The molecule has 7 nitrogen and oxygen atoms in total. The van der Waals surface area contributed by atoms with E-state index >= 15 is 0 Å². The van der Waals surface area contributed by atoms with E-state index in [0.29, 0.717) is 25.2 Å². The minimum Gasteiger partial charge on any atom is -0.459 e. The molecule has 1 aromatic heterocycles. The molecule has 0 unspecified atom stereocenters. The monoisotopic (exact) mass is 669 g/mol. The van der Waals surface area contributed by atoms with Crippen LogP contribution in [0.4, 0.5) is 22.0 Å². The van der Waals surface area contributed by atoms with Crippen molar-refractivity contribution in [3.63, 3.8) is 0 Å². The third-order valence-electron chi connectivity index (χ3n) is 7.47. The van der Waals surface area contributed by atoms with Crippen molar-refractivity contribution in [3.05, 3.63) is 78.2 Å². The Morgan fingerprint density at radius 3 is 1.98 bits per heavy atom. The lowest BCUT2D eigenvalue weighted by molar-refractivity contribution is -0.284. The fourth-order valence-electron chi connectivity index (χ4n) is 4.96. The van der Waals surface area contributed by atoms with Crippen molar-refractivity contribution in [2.24, 2.45) is 0 Å². The van der Waals surface area contributed by atoms with E-state index in [1.165, 1.54) is 30.5 Å². The van der Waals surface area contributed by atoms with Crippen LogP contribution in [0.3, 0.4) is 0 Å². The topological polar surface area (TPSA) is 89.5 Å². The van der Waals surface area contributed by atoms with Gasteiger partial charge in [-0.05, 0) is 57.7 Å². The van der Waals surface area contributed by atoms with Crippen molar-refractivity contribution < 1.29 is 39.9 Å². The normalized spacial score (nSPS) is 15.9. The second kappa shape index (κ2) is 14.5. The number of ether oxygens (including phenoxy) is 1. The summed E-state index contributed by atoms with van der Waals surface area (Å²) in [6.07, 6.45) is -5.34. The number of likely N-dealkylation sites (tertiary alicyclic amines) is 1. The van der Waals surface area contributed by atoms with E-state index in [2.05, 4.69) is 14.9 Å². The molecular formula is C33H40F5N3O4S. The summed E-state index contributed by atoms with van der Waals surface area (Å²) >= 11 is 0. The molecule has 252 valence electrons. The lowest BCUT2D eigenvalue weighted by Crippen LogP contribution is -2.56. The summed E-state index contributed by atoms with van der Waals surface area (Å²) in [6.45, 7) is 10.4. The Kier molecular flexibility index (Phi) is 11.7. The molecule has 2 heterocycles. The Labute approximate surface area is 267 Å². The van der Waals surface area contributed by atoms with Crippen molar-refractivity contribution in [3.8, 4) is 11.3 Å². The molecular weight excluding hydrogens is 629 g/mol. The SMILES string of the molecule is CC.CC(C)(C)OC(=O)C1(S(=O)(=O)c2ccc(-c3cnc(CCC(F)(F)C(F)(F)F)cn3)cc2)CCN(Cc2ccccc2)CC1. The van der Waals surface area contributed by atoms with E-state index in [9.17, 15) is 35.2 Å². The predicted octanol–water partition coefficient (Wildman–Crippen LogP) is 7.45. The number of carbonyl (C=O) groups is 1. The van der Waals surface area contributed by atoms with Gasteiger partial charge in [-0.3, -0.25) is 19.7 Å². The van der Waals surface area contributed by atoms with Crippen LogP contribution < -0.4 is 0 Å². The Morgan fingerprint density at radius 2 is 1.48 bits per heavy atom. The molecule has 46 heavy (non-hydrogen) atoms. The average Bonchev–Trinajstić information content (AvgIpc) is 3.01.